The molecule has 0 heterocycles. The second kappa shape index (κ2) is 8.38. The lowest BCUT2D eigenvalue weighted by molar-refractivity contribution is 0.0961. The van der Waals surface area contributed by atoms with Gasteiger partial charge in [0.25, 0.3) is 11.8 Å². The highest BCUT2D eigenvalue weighted by Crippen LogP contribution is 2.29. The number of hydrogen-bond donors (Lipinski definition) is 2. The van der Waals surface area contributed by atoms with Crippen LogP contribution in [-0.4, -0.2) is 32.1 Å². The molecule has 0 radical (unpaired) electrons. The summed E-state index contributed by atoms with van der Waals surface area (Å²) in [4.78, 5) is 24.4. The van der Waals surface area contributed by atoms with Crippen LogP contribution < -0.4 is 20.1 Å². The van der Waals surface area contributed by atoms with E-state index in [4.69, 9.17) is 9.47 Å². The SMILES string of the molecule is CNC(=O)c1ccc(C)c(NC(=O)c2ccc(OC(C)C)c(OC)c2)c1. The van der Waals surface area contributed by atoms with Gasteiger partial charge in [0.05, 0.1) is 13.2 Å². The summed E-state index contributed by atoms with van der Waals surface area (Å²) in [5.74, 6) is 0.563. The fraction of sp³-hybridized carbons (Fsp3) is 0.300. The summed E-state index contributed by atoms with van der Waals surface area (Å²) in [5.41, 5.74) is 2.35. The first-order chi connectivity index (χ1) is 12.3. The third-order valence-electron chi connectivity index (χ3n) is 3.76. The molecular weight excluding hydrogens is 332 g/mol. The zero-order valence-corrected chi connectivity index (χ0v) is 15.7. The Morgan fingerprint density at radius 2 is 1.62 bits per heavy atom. The van der Waals surface area contributed by atoms with Gasteiger partial charge < -0.3 is 20.1 Å². The van der Waals surface area contributed by atoms with E-state index in [0.717, 1.165) is 5.56 Å². The van der Waals surface area contributed by atoms with E-state index in [0.29, 0.717) is 28.3 Å². The van der Waals surface area contributed by atoms with Gasteiger partial charge in [-0.15, -0.1) is 0 Å². The Balaban J connectivity index is 2.26. The largest absolute Gasteiger partial charge is 0.493 e. The van der Waals surface area contributed by atoms with Crippen LogP contribution in [0.4, 0.5) is 5.69 Å². The maximum absolute atomic E-state index is 12.6. The normalized spacial score (nSPS) is 10.4. The van der Waals surface area contributed by atoms with Crippen molar-refractivity contribution < 1.29 is 19.1 Å². The van der Waals surface area contributed by atoms with Crippen molar-refractivity contribution in [3.63, 3.8) is 0 Å². The summed E-state index contributed by atoms with van der Waals surface area (Å²) in [6, 6.07) is 10.2. The standard InChI is InChI=1S/C20H24N2O4/c1-12(2)26-17-9-8-15(11-18(17)25-5)20(24)22-16-10-14(19(23)21-4)7-6-13(16)3/h6-12H,1-5H3,(H,21,23)(H,22,24). The molecule has 0 aliphatic heterocycles. The molecular formula is C20H24N2O4. The monoisotopic (exact) mass is 356 g/mol. The van der Waals surface area contributed by atoms with Crippen molar-refractivity contribution in [3.05, 3.63) is 53.1 Å². The Bertz CT molecular complexity index is 815. The van der Waals surface area contributed by atoms with Crippen LogP contribution in [0.2, 0.25) is 0 Å². The van der Waals surface area contributed by atoms with Crippen molar-refractivity contribution in [2.75, 3.05) is 19.5 Å². The predicted molar refractivity (Wildman–Crippen MR) is 101 cm³/mol. The zero-order chi connectivity index (χ0) is 19.3. The van der Waals surface area contributed by atoms with Crippen LogP contribution in [0.1, 0.15) is 40.1 Å². The number of benzene rings is 2. The molecule has 138 valence electrons. The first-order valence-corrected chi connectivity index (χ1v) is 8.34. The number of anilines is 1. The van der Waals surface area contributed by atoms with E-state index in [1.165, 1.54) is 7.11 Å². The van der Waals surface area contributed by atoms with Gasteiger partial charge in [-0.1, -0.05) is 6.07 Å². The van der Waals surface area contributed by atoms with Crippen LogP contribution in [0.15, 0.2) is 36.4 Å². The van der Waals surface area contributed by atoms with Gasteiger partial charge in [0.2, 0.25) is 0 Å². The lowest BCUT2D eigenvalue weighted by Gasteiger charge is -2.15. The van der Waals surface area contributed by atoms with E-state index in [1.807, 2.05) is 20.8 Å². The molecule has 2 N–H and O–H groups in total. The average molecular weight is 356 g/mol. The zero-order valence-electron chi connectivity index (χ0n) is 15.7. The van der Waals surface area contributed by atoms with Crippen molar-refractivity contribution in [1.82, 2.24) is 5.32 Å². The molecule has 0 saturated carbocycles. The van der Waals surface area contributed by atoms with Crippen molar-refractivity contribution in [1.29, 1.82) is 0 Å². The molecule has 0 spiro atoms. The molecule has 2 aromatic rings. The van der Waals surface area contributed by atoms with Gasteiger partial charge in [-0.2, -0.15) is 0 Å². The van der Waals surface area contributed by atoms with Gasteiger partial charge in [0.1, 0.15) is 0 Å². The summed E-state index contributed by atoms with van der Waals surface area (Å²) in [5, 5.41) is 5.41. The number of hydrogen-bond acceptors (Lipinski definition) is 4. The molecule has 0 saturated heterocycles. The molecule has 6 nitrogen and oxygen atoms in total. The third kappa shape index (κ3) is 4.53. The second-order valence-corrected chi connectivity index (χ2v) is 6.10. The molecule has 0 bridgehead atoms. The molecule has 6 heteroatoms. The smallest absolute Gasteiger partial charge is 0.255 e. The summed E-state index contributed by atoms with van der Waals surface area (Å²) in [6.07, 6.45) is -0.00122. The van der Waals surface area contributed by atoms with Crippen molar-refractivity contribution in [2.24, 2.45) is 0 Å². The summed E-state index contributed by atoms with van der Waals surface area (Å²) in [7, 11) is 3.09. The van der Waals surface area contributed by atoms with E-state index in [-0.39, 0.29) is 17.9 Å². The van der Waals surface area contributed by atoms with Gasteiger partial charge >= 0.3 is 0 Å². The molecule has 26 heavy (non-hydrogen) atoms. The van der Waals surface area contributed by atoms with E-state index >= 15 is 0 Å². The number of carbonyl (C=O) groups excluding carboxylic acids is 2. The molecule has 0 aliphatic rings. The van der Waals surface area contributed by atoms with Crippen LogP contribution in [0.3, 0.4) is 0 Å². The topological polar surface area (TPSA) is 76.7 Å². The van der Waals surface area contributed by atoms with Crippen LogP contribution in [0.5, 0.6) is 11.5 Å². The number of carbonyl (C=O) groups is 2. The van der Waals surface area contributed by atoms with Crippen molar-refractivity contribution >= 4 is 17.5 Å². The number of amides is 2. The first kappa shape index (κ1) is 19.3. The minimum Gasteiger partial charge on any atom is -0.493 e. The molecule has 2 amide bonds. The molecule has 2 rings (SSSR count). The van der Waals surface area contributed by atoms with Crippen LogP contribution in [0, 0.1) is 6.92 Å². The summed E-state index contributed by atoms with van der Waals surface area (Å²) in [6.45, 7) is 5.70. The van der Waals surface area contributed by atoms with E-state index < -0.39 is 0 Å². The summed E-state index contributed by atoms with van der Waals surface area (Å²) < 4.78 is 11.0. The fourth-order valence-corrected chi connectivity index (χ4v) is 2.40. The van der Waals surface area contributed by atoms with Crippen LogP contribution in [-0.2, 0) is 0 Å². The number of methoxy groups -OCH3 is 1. The molecule has 0 unspecified atom stereocenters. The predicted octanol–water partition coefficient (Wildman–Crippen LogP) is 3.40. The first-order valence-electron chi connectivity index (χ1n) is 8.34. The Hall–Kier alpha value is -3.02. The highest BCUT2D eigenvalue weighted by atomic mass is 16.5. The maximum atomic E-state index is 12.6. The quantitative estimate of drug-likeness (QED) is 0.832. The van der Waals surface area contributed by atoms with Crippen molar-refractivity contribution in [3.8, 4) is 11.5 Å². The Kier molecular flexibility index (Phi) is 6.22. The van der Waals surface area contributed by atoms with Gasteiger partial charge in [-0.3, -0.25) is 9.59 Å². The fourth-order valence-electron chi connectivity index (χ4n) is 2.40. The molecule has 0 fully saturated rings. The highest BCUT2D eigenvalue weighted by Gasteiger charge is 2.14. The molecule has 0 aliphatic carbocycles. The van der Waals surface area contributed by atoms with Gasteiger partial charge in [0, 0.05) is 23.9 Å². The Morgan fingerprint density at radius 1 is 0.962 bits per heavy atom. The highest BCUT2D eigenvalue weighted by molar-refractivity contribution is 6.06. The number of aryl methyl sites for hydroxylation is 1. The van der Waals surface area contributed by atoms with E-state index in [1.54, 1.807) is 43.4 Å². The molecule has 0 atom stereocenters. The minimum absolute atomic E-state index is 0.00122. The minimum atomic E-state index is -0.295. The second-order valence-electron chi connectivity index (χ2n) is 6.10. The van der Waals surface area contributed by atoms with Gasteiger partial charge in [0.15, 0.2) is 11.5 Å². The van der Waals surface area contributed by atoms with Crippen LogP contribution >= 0.6 is 0 Å². The molecule has 2 aromatic carbocycles. The third-order valence-corrected chi connectivity index (χ3v) is 3.76. The average Bonchev–Trinajstić information content (AvgIpc) is 2.62. The number of nitrogens with one attached hydrogen (secondary N) is 2. The Labute approximate surface area is 153 Å². The van der Waals surface area contributed by atoms with E-state index in [2.05, 4.69) is 10.6 Å². The van der Waals surface area contributed by atoms with Crippen LogP contribution in [0.25, 0.3) is 0 Å². The Morgan fingerprint density at radius 3 is 2.23 bits per heavy atom. The lowest BCUT2D eigenvalue weighted by atomic mass is 10.1. The van der Waals surface area contributed by atoms with Gasteiger partial charge in [-0.05, 0) is 56.7 Å². The van der Waals surface area contributed by atoms with Gasteiger partial charge in [-0.25, -0.2) is 0 Å². The number of ether oxygens (including phenoxy) is 2. The number of rotatable bonds is 6. The van der Waals surface area contributed by atoms with Crippen molar-refractivity contribution in [2.45, 2.75) is 26.9 Å². The lowest BCUT2D eigenvalue weighted by Crippen LogP contribution is -2.19. The van der Waals surface area contributed by atoms with E-state index in [9.17, 15) is 9.59 Å². The molecule has 0 aromatic heterocycles. The summed E-state index contributed by atoms with van der Waals surface area (Å²) >= 11 is 0. The maximum Gasteiger partial charge on any atom is 0.255 e.